The monoisotopic (exact) mass is 286 g/mol. The van der Waals surface area contributed by atoms with E-state index in [1.54, 1.807) is 6.08 Å². The molecule has 0 saturated carbocycles. The maximum absolute atomic E-state index is 12.0. The highest BCUT2D eigenvalue weighted by Gasteiger charge is 2.19. The van der Waals surface area contributed by atoms with E-state index in [0.29, 0.717) is 6.04 Å². The van der Waals surface area contributed by atoms with Crippen molar-refractivity contribution in [2.45, 2.75) is 39.2 Å². The Morgan fingerprint density at radius 1 is 1.38 bits per heavy atom. The molecule has 1 N–H and O–H groups in total. The zero-order chi connectivity index (χ0) is 15.1. The van der Waals surface area contributed by atoms with Gasteiger partial charge >= 0.3 is 0 Å². The van der Waals surface area contributed by atoms with Crippen LogP contribution >= 0.6 is 0 Å². The number of nitrogens with one attached hydrogen (secondary N) is 1. The summed E-state index contributed by atoms with van der Waals surface area (Å²) in [5, 5.41) is 3.11. The van der Waals surface area contributed by atoms with Crippen molar-refractivity contribution in [3.05, 3.63) is 41.5 Å². The van der Waals surface area contributed by atoms with Gasteiger partial charge in [-0.3, -0.25) is 4.79 Å². The van der Waals surface area contributed by atoms with Gasteiger partial charge in [-0.1, -0.05) is 36.8 Å². The molecular formula is C18H26N2O. The molecule has 0 spiro atoms. The van der Waals surface area contributed by atoms with E-state index in [4.69, 9.17) is 0 Å². The van der Waals surface area contributed by atoms with Gasteiger partial charge in [-0.2, -0.15) is 0 Å². The summed E-state index contributed by atoms with van der Waals surface area (Å²) >= 11 is 0. The first-order valence-electron chi connectivity index (χ1n) is 7.95. The predicted molar refractivity (Wildman–Crippen MR) is 88.1 cm³/mol. The number of benzene rings is 1. The molecular weight excluding hydrogens is 260 g/mol. The summed E-state index contributed by atoms with van der Waals surface area (Å²) in [6, 6.07) is 8.48. The number of amides is 1. The summed E-state index contributed by atoms with van der Waals surface area (Å²) in [4.78, 5) is 14.4. The van der Waals surface area contributed by atoms with Gasteiger partial charge < -0.3 is 10.2 Å². The van der Waals surface area contributed by atoms with Crippen LogP contribution in [0.25, 0.3) is 6.08 Å². The molecule has 1 aromatic rings. The highest BCUT2D eigenvalue weighted by atomic mass is 16.1. The molecule has 1 aliphatic heterocycles. The van der Waals surface area contributed by atoms with Gasteiger partial charge in [-0.05, 0) is 44.4 Å². The Morgan fingerprint density at radius 3 is 2.81 bits per heavy atom. The fourth-order valence-corrected chi connectivity index (χ4v) is 2.81. The maximum atomic E-state index is 12.0. The summed E-state index contributed by atoms with van der Waals surface area (Å²) in [6.07, 6.45) is 6.85. The van der Waals surface area contributed by atoms with E-state index >= 15 is 0 Å². The van der Waals surface area contributed by atoms with E-state index in [1.165, 1.54) is 18.5 Å². The van der Waals surface area contributed by atoms with Crippen molar-refractivity contribution in [2.24, 2.45) is 0 Å². The third-order valence-electron chi connectivity index (χ3n) is 3.94. The Morgan fingerprint density at radius 2 is 2.14 bits per heavy atom. The highest BCUT2D eigenvalue weighted by molar-refractivity contribution is 5.91. The first-order chi connectivity index (χ1) is 10.2. The van der Waals surface area contributed by atoms with Gasteiger partial charge in [0.2, 0.25) is 5.91 Å². The fourth-order valence-electron chi connectivity index (χ4n) is 2.81. The summed E-state index contributed by atoms with van der Waals surface area (Å²) < 4.78 is 0. The van der Waals surface area contributed by atoms with Crippen LogP contribution in [0.3, 0.4) is 0 Å². The van der Waals surface area contributed by atoms with Crippen LogP contribution in [-0.2, 0) is 4.79 Å². The molecule has 0 aliphatic carbocycles. The van der Waals surface area contributed by atoms with Crippen LogP contribution in [0.2, 0.25) is 0 Å². The van der Waals surface area contributed by atoms with Crippen LogP contribution < -0.4 is 5.32 Å². The lowest BCUT2D eigenvalue weighted by molar-refractivity contribution is -0.117. The topological polar surface area (TPSA) is 32.3 Å². The summed E-state index contributed by atoms with van der Waals surface area (Å²) in [5.41, 5.74) is 2.28. The number of hydrogen-bond acceptors (Lipinski definition) is 2. The van der Waals surface area contributed by atoms with Gasteiger partial charge in [0.25, 0.3) is 0 Å². The van der Waals surface area contributed by atoms with Gasteiger partial charge in [-0.15, -0.1) is 0 Å². The minimum Gasteiger partial charge on any atom is -0.350 e. The molecule has 3 nitrogen and oxygen atoms in total. The van der Waals surface area contributed by atoms with Crippen molar-refractivity contribution in [3.63, 3.8) is 0 Å². The molecule has 1 saturated heterocycles. The Balaban J connectivity index is 1.77. The van der Waals surface area contributed by atoms with Crippen molar-refractivity contribution in [2.75, 3.05) is 19.6 Å². The predicted octanol–water partition coefficient (Wildman–Crippen LogP) is 3.00. The van der Waals surface area contributed by atoms with Crippen LogP contribution in [0.5, 0.6) is 0 Å². The molecule has 1 amide bonds. The number of nitrogens with zero attached hydrogens (tertiary/aromatic N) is 1. The lowest BCUT2D eigenvalue weighted by Gasteiger charge is -2.31. The molecule has 114 valence electrons. The third kappa shape index (κ3) is 5.35. The lowest BCUT2D eigenvalue weighted by atomic mass is 10.0. The van der Waals surface area contributed by atoms with E-state index in [0.717, 1.165) is 31.5 Å². The Labute approximate surface area is 128 Å². The number of aryl methyl sites for hydroxylation is 1. The fraction of sp³-hybridized carbons (Fsp3) is 0.500. The van der Waals surface area contributed by atoms with Crippen molar-refractivity contribution >= 4 is 12.0 Å². The van der Waals surface area contributed by atoms with Crippen LogP contribution in [0.1, 0.15) is 37.3 Å². The largest absolute Gasteiger partial charge is 0.350 e. The standard InChI is InChI=1S/C18H26N2O/c1-3-11-20-12-9-17(10-13-20)19-18(21)8-7-16-6-4-5-15(2)14-16/h4-8,14,17H,3,9-13H2,1-2H3,(H,19,21)/b8-7+. The maximum Gasteiger partial charge on any atom is 0.244 e. The molecule has 0 bridgehead atoms. The summed E-state index contributed by atoms with van der Waals surface area (Å²) in [7, 11) is 0. The van der Waals surface area contributed by atoms with E-state index in [2.05, 4.69) is 36.2 Å². The first kappa shape index (κ1) is 15.8. The quantitative estimate of drug-likeness (QED) is 0.844. The molecule has 1 heterocycles. The molecule has 0 atom stereocenters. The summed E-state index contributed by atoms with van der Waals surface area (Å²) in [5.74, 6) is 0.0189. The second-order valence-corrected chi connectivity index (χ2v) is 5.87. The van der Waals surface area contributed by atoms with Crippen molar-refractivity contribution < 1.29 is 4.79 Å². The Kier molecular flexibility index (Phi) is 6.00. The third-order valence-corrected chi connectivity index (χ3v) is 3.94. The minimum absolute atomic E-state index is 0.0189. The van der Waals surface area contributed by atoms with Crippen LogP contribution in [-0.4, -0.2) is 36.5 Å². The molecule has 3 heteroatoms. The van der Waals surface area contributed by atoms with E-state index < -0.39 is 0 Å². The van der Waals surface area contributed by atoms with Crippen LogP contribution in [0.4, 0.5) is 0 Å². The zero-order valence-electron chi connectivity index (χ0n) is 13.1. The molecule has 1 fully saturated rings. The zero-order valence-corrected chi connectivity index (χ0v) is 13.1. The molecule has 0 aromatic heterocycles. The van der Waals surface area contributed by atoms with E-state index in [-0.39, 0.29) is 5.91 Å². The minimum atomic E-state index is 0.0189. The number of piperidine rings is 1. The molecule has 2 rings (SSSR count). The van der Waals surface area contributed by atoms with Crippen LogP contribution in [0, 0.1) is 6.92 Å². The average Bonchev–Trinajstić information content (AvgIpc) is 2.48. The molecule has 0 unspecified atom stereocenters. The average molecular weight is 286 g/mol. The highest BCUT2D eigenvalue weighted by Crippen LogP contribution is 2.11. The first-order valence-corrected chi connectivity index (χ1v) is 7.95. The number of rotatable bonds is 5. The lowest BCUT2D eigenvalue weighted by Crippen LogP contribution is -2.44. The van der Waals surface area contributed by atoms with E-state index in [1.807, 2.05) is 18.2 Å². The molecule has 1 aliphatic rings. The smallest absolute Gasteiger partial charge is 0.244 e. The van der Waals surface area contributed by atoms with Gasteiger partial charge in [0.05, 0.1) is 0 Å². The Bertz CT molecular complexity index is 488. The molecule has 1 aromatic carbocycles. The number of carbonyl (C=O) groups is 1. The van der Waals surface area contributed by atoms with Gasteiger partial charge in [0.15, 0.2) is 0 Å². The SMILES string of the molecule is CCCN1CCC(NC(=O)/C=C/c2cccc(C)c2)CC1. The molecule has 21 heavy (non-hydrogen) atoms. The van der Waals surface area contributed by atoms with Gasteiger partial charge in [0, 0.05) is 25.2 Å². The van der Waals surface area contributed by atoms with Crippen molar-refractivity contribution in [1.29, 1.82) is 0 Å². The van der Waals surface area contributed by atoms with Gasteiger partial charge in [-0.25, -0.2) is 0 Å². The Hall–Kier alpha value is -1.61. The normalized spacial score (nSPS) is 17.2. The second-order valence-electron chi connectivity index (χ2n) is 5.87. The number of hydrogen-bond donors (Lipinski definition) is 1. The summed E-state index contributed by atoms with van der Waals surface area (Å²) in [6.45, 7) is 7.64. The molecule has 0 radical (unpaired) electrons. The van der Waals surface area contributed by atoms with Crippen molar-refractivity contribution in [3.8, 4) is 0 Å². The number of carbonyl (C=O) groups excluding carboxylic acids is 1. The van der Waals surface area contributed by atoms with Crippen molar-refractivity contribution in [1.82, 2.24) is 10.2 Å². The second kappa shape index (κ2) is 7.99. The van der Waals surface area contributed by atoms with E-state index in [9.17, 15) is 4.79 Å². The van der Waals surface area contributed by atoms with Crippen LogP contribution in [0.15, 0.2) is 30.3 Å². The van der Waals surface area contributed by atoms with Gasteiger partial charge in [0.1, 0.15) is 0 Å². The number of likely N-dealkylation sites (tertiary alicyclic amines) is 1.